The van der Waals surface area contributed by atoms with Gasteiger partial charge in [0.05, 0.1) is 12.6 Å². The Hall–Kier alpha value is -2.35. The van der Waals surface area contributed by atoms with Gasteiger partial charge in [-0.25, -0.2) is 14.3 Å². The number of aromatic nitrogens is 3. The van der Waals surface area contributed by atoms with Gasteiger partial charge >= 0.3 is 12.0 Å². The third-order valence-corrected chi connectivity index (χ3v) is 2.96. The van der Waals surface area contributed by atoms with Crippen molar-refractivity contribution in [3.63, 3.8) is 0 Å². The van der Waals surface area contributed by atoms with E-state index in [-0.39, 0.29) is 13.0 Å². The molecule has 0 atom stereocenters. The molecule has 0 saturated heterocycles. The van der Waals surface area contributed by atoms with E-state index in [9.17, 15) is 9.59 Å². The molecule has 2 heterocycles. The third-order valence-electron chi connectivity index (χ3n) is 2.69. The molecule has 0 aliphatic carbocycles. The summed E-state index contributed by atoms with van der Waals surface area (Å²) in [6, 6.07) is -0.396. The second-order valence-electron chi connectivity index (χ2n) is 4.30. The summed E-state index contributed by atoms with van der Waals surface area (Å²) in [4.78, 5) is 25.8. The summed E-state index contributed by atoms with van der Waals surface area (Å²) in [6.45, 7) is 0.502. The summed E-state index contributed by atoms with van der Waals surface area (Å²) in [5, 5.41) is 18.1. The van der Waals surface area contributed by atoms with Crippen LogP contribution in [-0.2, 0) is 11.2 Å². The predicted octanol–water partition coefficient (Wildman–Crippen LogP) is 0.699. The van der Waals surface area contributed by atoms with Gasteiger partial charge in [0.2, 0.25) is 0 Å². The first kappa shape index (κ1) is 15.0. The number of aliphatic carboxylic acids is 1. The lowest BCUT2D eigenvalue weighted by Gasteiger charge is -2.06. The van der Waals surface area contributed by atoms with Crippen molar-refractivity contribution in [2.75, 3.05) is 13.1 Å². The molecular formula is C12H14ClN5O3. The number of rotatable bonds is 6. The molecule has 112 valence electrons. The molecule has 3 N–H and O–H groups in total. The van der Waals surface area contributed by atoms with E-state index >= 15 is 0 Å². The minimum Gasteiger partial charge on any atom is -0.481 e. The van der Waals surface area contributed by atoms with Gasteiger partial charge in [0.15, 0.2) is 5.65 Å². The largest absolute Gasteiger partial charge is 0.481 e. The monoisotopic (exact) mass is 311 g/mol. The van der Waals surface area contributed by atoms with Crippen LogP contribution in [0.5, 0.6) is 0 Å². The Morgan fingerprint density at radius 1 is 1.29 bits per heavy atom. The number of fused-ring (bicyclic) bond motifs is 1. The number of hydrogen-bond donors (Lipinski definition) is 3. The first-order valence-corrected chi connectivity index (χ1v) is 6.65. The Morgan fingerprint density at radius 3 is 2.81 bits per heavy atom. The van der Waals surface area contributed by atoms with Crippen molar-refractivity contribution in [1.82, 2.24) is 25.2 Å². The van der Waals surface area contributed by atoms with Crippen LogP contribution in [0.4, 0.5) is 4.79 Å². The summed E-state index contributed by atoms with van der Waals surface area (Å²) in [5.74, 6) is -0.951. The molecule has 0 saturated carbocycles. The van der Waals surface area contributed by atoms with Crippen LogP contribution in [0.2, 0.25) is 5.02 Å². The summed E-state index contributed by atoms with van der Waals surface area (Å²) in [5.41, 5.74) is 1.48. The fourth-order valence-electron chi connectivity index (χ4n) is 1.68. The molecule has 0 bridgehead atoms. The number of amides is 2. The molecule has 2 aromatic rings. The maximum absolute atomic E-state index is 11.4. The lowest BCUT2D eigenvalue weighted by molar-refractivity contribution is -0.136. The molecule has 0 aromatic carbocycles. The number of hydrogen-bond acceptors (Lipinski definition) is 4. The first-order chi connectivity index (χ1) is 10.1. The molecule has 21 heavy (non-hydrogen) atoms. The van der Waals surface area contributed by atoms with Gasteiger partial charge in [0.1, 0.15) is 5.02 Å². The highest BCUT2D eigenvalue weighted by molar-refractivity contribution is 6.33. The molecule has 0 unspecified atom stereocenters. The Kier molecular flexibility index (Phi) is 4.94. The maximum Gasteiger partial charge on any atom is 0.314 e. The van der Waals surface area contributed by atoms with Crippen LogP contribution in [-0.4, -0.2) is 44.8 Å². The zero-order valence-electron chi connectivity index (χ0n) is 11.0. The van der Waals surface area contributed by atoms with Gasteiger partial charge < -0.3 is 15.7 Å². The SMILES string of the molecule is O=C(O)CCNC(=O)NCCc1cnc2c(Cl)cnn2c1. The van der Waals surface area contributed by atoms with Gasteiger partial charge in [-0.1, -0.05) is 11.6 Å². The first-order valence-electron chi connectivity index (χ1n) is 6.27. The molecule has 0 spiro atoms. The van der Waals surface area contributed by atoms with Crippen LogP contribution in [0, 0.1) is 0 Å². The standard InChI is InChI=1S/C12H14ClN5O3/c13-9-6-17-18-7-8(5-16-11(9)18)1-3-14-12(21)15-4-2-10(19)20/h5-7H,1-4H2,(H,19,20)(H2,14,15,21). The minimum absolute atomic E-state index is 0.0977. The molecular weight excluding hydrogens is 298 g/mol. The van der Waals surface area contributed by atoms with Crippen molar-refractivity contribution in [3.8, 4) is 0 Å². The van der Waals surface area contributed by atoms with Crippen LogP contribution in [0.3, 0.4) is 0 Å². The van der Waals surface area contributed by atoms with E-state index in [1.165, 1.54) is 6.20 Å². The summed E-state index contributed by atoms with van der Waals surface area (Å²) < 4.78 is 1.57. The number of halogens is 1. The Labute approximate surface area is 125 Å². The molecule has 8 nitrogen and oxygen atoms in total. The second kappa shape index (κ2) is 6.89. The Balaban J connectivity index is 1.76. The third kappa shape index (κ3) is 4.32. The highest BCUT2D eigenvalue weighted by atomic mass is 35.5. The zero-order valence-corrected chi connectivity index (χ0v) is 11.8. The second-order valence-corrected chi connectivity index (χ2v) is 4.71. The number of carbonyl (C=O) groups excluding carboxylic acids is 1. The van der Waals surface area contributed by atoms with Crippen LogP contribution < -0.4 is 10.6 Å². The van der Waals surface area contributed by atoms with E-state index in [4.69, 9.17) is 16.7 Å². The van der Waals surface area contributed by atoms with E-state index in [1.807, 2.05) is 0 Å². The van der Waals surface area contributed by atoms with E-state index in [2.05, 4.69) is 20.7 Å². The van der Waals surface area contributed by atoms with Gasteiger partial charge in [-0.15, -0.1) is 0 Å². The molecule has 2 amide bonds. The van der Waals surface area contributed by atoms with Crippen LogP contribution in [0.15, 0.2) is 18.6 Å². The van der Waals surface area contributed by atoms with Crippen LogP contribution >= 0.6 is 11.6 Å². The van der Waals surface area contributed by atoms with Crippen molar-refractivity contribution < 1.29 is 14.7 Å². The van der Waals surface area contributed by atoms with Crippen molar-refractivity contribution in [1.29, 1.82) is 0 Å². The number of carbonyl (C=O) groups is 2. The maximum atomic E-state index is 11.4. The van der Waals surface area contributed by atoms with Crippen molar-refractivity contribution in [2.24, 2.45) is 0 Å². The Bertz CT molecular complexity index is 657. The fraction of sp³-hybridized carbons (Fsp3) is 0.333. The highest BCUT2D eigenvalue weighted by Gasteiger charge is 2.05. The summed E-state index contributed by atoms with van der Waals surface area (Å²) >= 11 is 5.89. The lowest BCUT2D eigenvalue weighted by Crippen LogP contribution is -2.37. The summed E-state index contributed by atoms with van der Waals surface area (Å²) in [7, 11) is 0. The smallest absolute Gasteiger partial charge is 0.314 e. The van der Waals surface area contributed by atoms with Gasteiger partial charge in [0, 0.05) is 25.5 Å². The van der Waals surface area contributed by atoms with E-state index < -0.39 is 12.0 Å². The molecule has 2 aromatic heterocycles. The van der Waals surface area contributed by atoms with Crippen molar-refractivity contribution in [3.05, 3.63) is 29.2 Å². The zero-order chi connectivity index (χ0) is 15.2. The fourth-order valence-corrected chi connectivity index (χ4v) is 1.86. The van der Waals surface area contributed by atoms with E-state index in [0.29, 0.717) is 23.6 Å². The molecule has 0 fully saturated rings. The predicted molar refractivity (Wildman–Crippen MR) is 75.4 cm³/mol. The van der Waals surface area contributed by atoms with Gasteiger partial charge in [0.25, 0.3) is 0 Å². The van der Waals surface area contributed by atoms with E-state index in [0.717, 1.165) is 5.56 Å². The molecule has 0 radical (unpaired) electrons. The topological polar surface area (TPSA) is 109 Å². The van der Waals surface area contributed by atoms with Gasteiger partial charge in [-0.2, -0.15) is 5.10 Å². The quantitative estimate of drug-likeness (QED) is 0.727. The molecule has 2 rings (SSSR count). The van der Waals surface area contributed by atoms with Crippen LogP contribution in [0.25, 0.3) is 5.65 Å². The Morgan fingerprint density at radius 2 is 2.05 bits per heavy atom. The van der Waals surface area contributed by atoms with Crippen LogP contribution in [0.1, 0.15) is 12.0 Å². The summed E-state index contributed by atoms with van der Waals surface area (Å²) in [6.07, 6.45) is 5.45. The van der Waals surface area contributed by atoms with Crippen molar-refractivity contribution in [2.45, 2.75) is 12.8 Å². The number of nitrogens with one attached hydrogen (secondary N) is 2. The minimum atomic E-state index is -0.951. The molecule has 0 aliphatic rings. The number of carboxylic acid groups (broad SMARTS) is 1. The number of nitrogens with zero attached hydrogens (tertiary/aromatic N) is 3. The van der Waals surface area contributed by atoms with Gasteiger partial charge in [-0.05, 0) is 12.0 Å². The van der Waals surface area contributed by atoms with Crippen molar-refractivity contribution >= 4 is 29.2 Å². The number of carboxylic acids is 1. The van der Waals surface area contributed by atoms with E-state index in [1.54, 1.807) is 16.9 Å². The normalized spacial score (nSPS) is 10.5. The highest BCUT2D eigenvalue weighted by Crippen LogP contribution is 2.13. The molecule has 9 heteroatoms. The molecule has 0 aliphatic heterocycles. The average Bonchev–Trinajstić information content (AvgIpc) is 2.80. The lowest BCUT2D eigenvalue weighted by atomic mass is 10.2. The number of urea groups is 1. The average molecular weight is 312 g/mol. The van der Waals surface area contributed by atoms with Gasteiger partial charge in [-0.3, -0.25) is 4.79 Å².